The van der Waals surface area contributed by atoms with E-state index < -0.39 is 0 Å². The van der Waals surface area contributed by atoms with Crippen LogP contribution in [0.25, 0.3) is 0 Å². The molecule has 0 spiro atoms. The van der Waals surface area contributed by atoms with Gasteiger partial charge < -0.3 is 0 Å². The predicted molar refractivity (Wildman–Crippen MR) is 58.7 cm³/mol. The van der Waals surface area contributed by atoms with Crippen LogP contribution in [0.1, 0.15) is 40.5 Å². The van der Waals surface area contributed by atoms with Crippen molar-refractivity contribution in [1.29, 1.82) is 0 Å². The third kappa shape index (κ3) is 4.54. The van der Waals surface area contributed by atoms with Crippen LogP contribution in [0.5, 0.6) is 0 Å². The zero-order valence-corrected chi connectivity index (χ0v) is 9.17. The highest BCUT2D eigenvalue weighted by molar-refractivity contribution is 5.56. The minimum Gasteiger partial charge on any atom is -0.260 e. The molecule has 0 aliphatic heterocycles. The van der Waals surface area contributed by atoms with Crippen LogP contribution in [0.3, 0.4) is 0 Å². The normalized spacial score (nSPS) is 10.5. The number of nitrogens with zero attached hydrogens (tertiary/aromatic N) is 2. The van der Waals surface area contributed by atoms with Gasteiger partial charge in [-0.3, -0.25) is 5.01 Å². The van der Waals surface area contributed by atoms with Gasteiger partial charge in [0.15, 0.2) is 0 Å². The number of hydrogen-bond donors (Lipinski definition) is 0. The van der Waals surface area contributed by atoms with Gasteiger partial charge in [0.25, 0.3) is 0 Å². The summed E-state index contributed by atoms with van der Waals surface area (Å²) in [5.74, 6) is 0. The molecule has 2 heteroatoms. The van der Waals surface area contributed by atoms with Gasteiger partial charge in [0.05, 0.1) is 5.70 Å². The Labute approximate surface area is 81.6 Å². The predicted octanol–water partition coefficient (Wildman–Crippen LogP) is 3.17. The quantitative estimate of drug-likeness (QED) is 0.360. The molecule has 0 unspecified atom stereocenters. The Morgan fingerprint density at radius 3 is 2.62 bits per heavy atom. The number of rotatable bonds is 5. The highest BCUT2D eigenvalue weighted by Gasteiger charge is 2.05. The van der Waals surface area contributed by atoms with Crippen molar-refractivity contribution in [2.45, 2.75) is 46.6 Å². The minimum atomic E-state index is 0.363. The van der Waals surface area contributed by atoms with E-state index in [-0.39, 0.29) is 0 Å². The molecule has 13 heavy (non-hydrogen) atoms. The minimum absolute atomic E-state index is 0.363. The maximum absolute atomic E-state index is 4.35. The second-order valence-corrected chi connectivity index (χ2v) is 3.29. The largest absolute Gasteiger partial charge is 0.260 e. The van der Waals surface area contributed by atoms with Gasteiger partial charge in [0, 0.05) is 12.3 Å². The fraction of sp³-hybridized carbons (Fsp3) is 0.636. The van der Waals surface area contributed by atoms with Crippen molar-refractivity contribution in [2.75, 3.05) is 0 Å². The monoisotopic (exact) mass is 180 g/mol. The third-order valence-electron chi connectivity index (χ3n) is 1.71. The Kier molecular flexibility index (Phi) is 5.99. The second kappa shape index (κ2) is 6.50. The van der Waals surface area contributed by atoms with Gasteiger partial charge in [-0.25, -0.2) is 0 Å². The third-order valence-corrected chi connectivity index (χ3v) is 1.71. The summed E-state index contributed by atoms with van der Waals surface area (Å²) in [7, 11) is 0. The Bertz CT molecular complexity index is 210. The van der Waals surface area contributed by atoms with Gasteiger partial charge in [-0.05, 0) is 27.2 Å². The van der Waals surface area contributed by atoms with E-state index in [1.165, 1.54) is 0 Å². The van der Waals surface area contributed by atoms with Crippen LogP contribution in [0.15, 0.2) is 23.1 Å². The first-order chi connectivity index (χ1) is 6.13. The summed E-state index contributed by atoms with van der Waals surface area (Å²) in [6.07, 6.45) is 4.10. The molecule has 0 aromatic rings. The maximum Gasteiger partial charge on any atom is 0.0750 e. The average Bonchev–Trinajstić information content (AvgIpc) is 2.11. The van der Waals surface area contributed by atoms with E-state index in [1.54, 1.807) is 0 Å². The summed E-state index contributed by atoms with van der Waals surface area (Å²) in [4.78, 5) is 0. The van der Waals surface area contributed by atoms with Crippen molar-refractivity contribution in [3.05, 3.63) is 18.0 Å². The van der Waals surface area contributed by atoms with Crippen LogP contribution >= 0.6 is 0 Å². The van der Waals surface area contributed by atoms with Crippen LogP contribution < -0.4 is 0 Å². The van der Waals surface area contributed by atoms with Crippen LogP contribution in [-0.2, 0) is 0 Å². The van der Waals surface area contributed by atoms with Crippen LogP contribution in [0, 0.1) is 0 Å². The summed E-state index contributed by atoms with van der Waals surface area (Å²) in [5.41, 5.74) is 3.83. The van der Waals surface area contributed by atoms with Crippen molar-refractivity contribution in [3.8, 4) is 0 Å². The molecule has 0 saturated carbocycles. The van der Waals surface area contributed by atoms with Gasteiger partial charge >= 0.3 is 0 Å². The van der Waals surface area contributed by atoms with E-state index in [2.05, 4.69) is 38.2 Å². The fourth-order valence-corrected chi connectivity index (χ4v) is 0.963. The first-order valence-corrected chi connectivity index (χ1v) is 4.81. The SMILES string of the molecule is C=C=C(C)N(/N=C\CCC)C(C)C. The molecule has 0 N–H and O–H groups in total. The molecule has 0 atom stereocenters. The summed E-state index contributed by atoms with van der Waals surface area (Å²) in [6, 6.07) is 0.363. The van der Waals surface area contributed by atoms with E-state index in [4.69, 9.17) is 0 Å². The molecule has 74 valence electrons. The number of unbranched alkanes of at least 4 members (excludes halogenated alkanes) is 1. The van der Waals surface area contributed by atoms with Gasteiger partial charge in [0.2, 0.25) is 0 Å². The van der Waals surface area contributed by atoms with Crippen LogP contribution in [-0.4, -0.2) is 17.3 Å². The van der Waals surface area contributed by atoms with Gasteiger partial charge in [0.1, 0.15) is 0 Å². The molecule has 0 amide bonds. The Morgan fingerprint density at radius 1 is 1.62 bits per heavy atom. The highest BCUT2D eigenvalue weighted by atomic mass is 15.5. The molecule has 0 aliphatic carbocycles. The first-order valence-electron chi connectivity index (χ1n) is 4.81. The molecular formula is C11H20N2. The molecule has 0 heterocycles. The van der Waals surface area contributed by atoms with E-state index >= 15 is 0 Å². The lowest BCUT2D eigenvalue weighted by atomic mass is 10.3. The van der Waals surface area contributed by atoms with E-state index in [9.17, 15) is 0 Å². The number of hydrogen-bond acceptors (Lipinski definition) is 2. The van der Waals surface area contributed by atoms with E-state index in [1.807, 2.05) is 18.1 Å². The van der Waals surface area contributed by atoms with Crippen molar-refractivity contribution in [1.82, 2.24) is 5.01 Å². The molecule has 2 nitrogen and oxygen atoms in total. The Morgan fingerprint density at radius 2 is 2.23 bits per heavy atom. The van der Waals surface area contributed by atoms with Crippen LogP contribution in [0.4, 0.5) is 0 Å². The highest BCUT2D eigenvalue weighted by Crippen LogP contribution is 2.07. The lowest BCUT2D eigenvalue weighted by Crippen LogP contribution is -2.23. The summed E-state index contributed by atoms with van der Waals surface area (Å²) in [6.45, 7) is 11.9. The molecule has 0 radical (unpaired) electrons. The van der Waals surface area contributed by atoms with Crippen molar-refractivity contribution < 1.29 is 0 Å². The van der Waals surface area contributed by atoms with Crippen molar-refractivity contribution in [3.63, 3.8) is 0 Å². The second-order valence-electron chi connectivity index (χ2n) is 3.29. The topological polar surface area (TPSA) is 15.6 Å². The number of hydrazone groups is 1. The molecular weight excluding hydrogens is 160 g/mol. The van der Waals surface area contributed by atoms with Gasteiger partial charge in [-0.15, -0.1) is 5.73 Å². The van der Waals surface area contributed by atoms with Gasteiger partial charge in [-0.1, -0.05) is 19.9 Å². The van der Waals surface area contributed by atoms with Gasteiger partial charge in [-0.2, -0.15) is 5.10 Å². The van der Waals surface area contributed by atoms with E-state index in [0.717, 1.165) is 18.5 Å². The fourth-order valence-electron chi connectivity index (χ4n) is 0.963. The zero-order chi connectivity index (χ0) is 10.3. The standard InChI is InChI=1S/C11H20N2/c1-6-8-9-12-13(10(3)4)11(5)7-2/h9-10H,2,6,8H2,1,3-5H3/b12-9-. The molecule has 0 fully saturated rings. The van der Waals surface area contributed by atoms with Crippen molar-refractivity contribution >= 4 is 6.21 Å². The summed E-state index contributed by atoms with van der Waals surface area (Å²) < 4.78 is 0. The smallest absolute Gasteiger partial charge is 0.0750 e. The summed E-state index contributed by atoms with van der Waals surface area (Å²) in [5, 5.41) is 6.29. The lowest BCUT2D eigenvalue weighted by Gasteiger charge is -2.22. The Balaban J connectivity index is 4.35. The number of allylic oxidation sites excluding steroid dienone is 1. The summed E-state index contributed by atoms with van der Waals surface area (Å²) >= 11 is 0. The molecule has 0 aromatic heterocycles. The average molecular weight is 180 g/mol. The first kappa shape index (κ1) is 12.0. The molecule has 0 aliphatic rings. The molecule has 0 rings (SSSR count). The molecule has 0 aromatic carbocycles. The maximum atomic E-state index is 4.35. The molecule has 0 saturated heterocycles. The van der Waals surface area contributed by atoms with Crippen molar-refractivity contribution in [2.24, 2.45) is 5.10 Å². The molecule has 0 bridgehead atoms. The lowest BCUT2D eigenvalue weighted by molar-refractivity contribution is 0.300. The Hall–Kier alpha value is -1.01. The zero-order valence-electron chi connectivity index (χ0n) is 9.17. The van der Waals surface area contributed by atoms with E-state index in [0.29, 0.717) is 6.04 Å². The van der Waals surface area contributed by atoms with Crippen LogP contribution in [0.2, 0.25) is 0 Å².